The summed E-state index contributed by atoms with van der Waals surface area (Å²) in [5, 5.41) is 3.14. The van der Waals surface area contributed by atoms with Crippen molar-refractivity contribution < 1.29 is 4.79 Å². The molecule has 1 aromatic carbocycles. The fraction of sp³-hybridized carbons (Fsp3) is 0.562. The second kappa shape index (κ2) is 7.65. The van der Waals surface area contributed by atoms with E-state index < -0.39 is 0 Å². The summed E-state index contributed by atoms with van der Waals surface area (Å²) < 4.78 is 0. The van der Waals surface area contributed by atoms with Crippen LogP contribution in [0.15, 0.2) is 24.3 Å². The van der Waals surface area contributed by atoms with Crippen LogP contribution >= 0.6 is 11.6 Å². The molecule has 1 aliphatic heterocycles. The Kier molecular flexibility index (Phi) is 5.86. The van der Waals surface area contributed by atoms with Crippen LogP contribution in [0.1, 0.15) is 42.1 Å². The zero-order chi connectivity index (χ0) is 14.4. The lowest BCUT2D eigenvalue weighted by molar-refractivity contribution is 0.0911. The van der Waals surface area contributed by atoms with E-state index in [9.17, 15) is 4.79 Å². The smallest absolute Gasteiger partial charge is 0.251 e. The number of amides is 1. The van der Waals surface area contributed by atoms with Gasteiger partial charge in [0.15, 0.2) is 0 Å². The molecular formula is C16H23ClN2O. The van der Waals surface area contributed by atoms with Gasteiger partial charge in [0.25, 0.3) is 5.91 Å². The molecule has 1 amide bonds. The third-order valence-electron chi connectivity index (χ3n) is 3.83. The molecule has 0 radical (unpaired) electrons. The second-order valence-electron chi connectivity index (χ2n) is 5.42. The normalized spacial score (nSPS) is 17.1. The number of rotatable bonds is 5. The molecule has 110 valence electrons. The molecular weight excluding hydrogens is 272 g/mol. The van der Waals surface area contributed by atoms with Gasteiger partial charge in [0.05, 0.1) is 0 Å². The van der Waals surface area contributed by atoms with Gasteiger partial charge < -0.3 is 10.2 Å². The van der Waals surface area contributed by atoms with Crippen molar-refractivity contribution in [1.29, 1.82) is 0 Å². The highest BCUT2D eigenvalue weighted by Crippen LogP contribution is 2.12. The highest BCUT2D eigenvalue weighted by atomic mass is 35.5. The molecule has 0 unspecified atom stereocenters. The molecule has 1 saturated heterocycles. The molecule has 1 aromatic rings. The fourth-order valence-corrected chi connectivity index (χ4v) is 2.81. The summed E-state index contributed by atoms with van der Waals surface area (Å²) in [5.41, 5.74) is 1.76. The third-order valence-corrected chi connectivity index (χ3v) is 4.14. The zero-order valence-corrected chi connectivity index (χ0v) is 12.8. The van der Waals surface area contributed by atoms with Gasteiger partial charge in [-0.15, -0.1) is 11.6 Å². The maximum Gasteiger partial charge on any atom is 0.251 e. The van der Waals surface area contributed by atoms with Crippen molar-refractivity contribution in [3.8, 4) is 0 Å². The average molecular weight is 295 g/mol. The van der Waals surface area contributed by atoms with Gasteiger partial charge in [0.1, 0.15) is 0 Å². The number of nitrogens with one attached hydrogen (secondary N) is 1. The van der Waals surface area contributed by atoms with E-state index in [4.69, 9.17) is 11.6 Å². The van der Waals surface area contributed by atoms with E-state index in [1.165, 1.54) is 13.0 Å². The molecule has 20 heavy (non-hydrogen) atoms. The van der Waals surface area contributed by atoms with Crippen LogP contribution in [-0.4, -0.2) is 36.5 Å². The van der Waals surface area contributed by atoms with Crippen molar-refractivity contribution in [2.24, 2.45) is 0 Å². The first kappa shape index (κ1) is 15.3. The van der Waals surface area contributed by atoms with Crippen molar-refractivity contribution in [3.05, 3.63) is 35.4 Å². The van der Waals surface area contributed by atoms with E-state index in [0.29, 0.717) is 11.9 Å². The average Bonchev–Trinajstić information content (AvgIpc) is 2.49. The molecule has 1 heterocycles. The van der Waals surface area contributed by atoms with E-state index in [1.807, 2.05) is 24.3 Å². The van der Waals surface area contributed by atoms with Crippen LogP contribution in [0, 0.1) is 0 Å². The lowest BCUT2D eigenvalue weighted by Gasteiger charge is -2.32. The molecule has 0 saturated carbocycles. The Hall–Kier alpha value is -1.06. The summed E-state index contributed by atoms with van der Waals surface area (Å²) >= 11 is 5.75. The molecule has 0 aliphatic carbocycles. The minimum Gasteiger partial charge on any atom is -0.349 e. The summed E-state index contributed by atoms with van der Waals surface area (Å²) in [4.78, 5) is 14.6. The summed E-state index contributed by atoms with van der Waals surface area (Å²) in [6.07, 6.45) is 3.29. The topological polar surface area (TPSA) is 32.3 Å². The third kappa shape index (κ3) is 4.22. The van der Waals surface area contributed by atoms with E-state index in [2.05, 4.69) is 17.1 Å². The Morgan fingerprint density at radius 3 is 2.50 bits per heavy atom. The Labute approximate surface area is 126 Å². The van der Waals surface area contributed by atoms with Crippen molar-refractivity contribution in [2.75, 3.05) is 19.6 Å². The molecule has 3 nitrogen and oxygen atoms in total. The number of halogens is 1. The second-order valence-corrected chi connectivity index (χ2v) is 5.69. The Morgan fingerprint density at radius 1 is 1.30 bits per heavy atom. The molecule has 0 bridgehead atoms. The van der Waals surface area contributed by atoms with Gasteiger partial charge >= 0.3 is 0 Å². The number of hydrogen-bond acceptors (Lipinski definition) is 2. The standard InChI is InChI=1S/C16H23ClN2O/c1-2-9-19-10-7-15(8-11-19)18-16(20)14-5-3-13(12-17)4-6-14/h3-6,15H,2,7-12H2,1H3,(H,18,20). The summed E-state index contributed by atoms with van der Waals surface area (Å²) in [5.74, 6) is 0.512. The first-order valence-electron chi connectivity index (χ1n) is 7.41. The van der Waals surface area contributed by atoms with Gasteiger partial charge in [0, 0.05) is 30.6 Å². The van der Waals surface area contributed by atoms with Crippen molar-refractivity contribution in [1.82, 2.24) is 10.2 Å². The monoisotopic (exact) mass is 294 g/mol. The van der Waals surface area contributed by atoms with E-state index >= 15 is 0 Å². The summed E-state index contributed by atoms with van der Waals surface area (Å²) in [6, 6.07) is 7.82. The number of alkyl halides is 1. The predicted molar refractivity (Wildman–Crippen MR) is 83.2 cm³/mol. The Bertz CT molecular complexity index is 425. The van der Waals surface area contributed by atoms with Crippen molar-refractivity contribution in [3.63, 3.8) is 0 Å². The fourth-order valence-electron chi connectivity index (χ4n) is 2.63. The van der Waals surface area contributed by atoms with Gasteiger partial charge in [-0.25, -0.2) is 0 Å². The van der Waals surface area contributed by atoms with Crippen molar-refractivity contribution >= 4 is 17.5 Å². The summed E-state index contributed by atoms with van der Waals surface area (Å²) in [7, 11) is 0. The Balaban J connectivity index is 1.82. The molecule has 1 aliphatic rings. The number of piperidine rings is 1. The highest BCUT2D eigenvalue weighted by molar-refractivity contribution is 6.17. The SMILES string of the molecule is CCCN1CCC(NC(=O)c2ccc(CCl)cc2)CC1. The van der Waals surface area contributed by atoms with Gasteiger partial charge in [-0.05, 0) is 43.5 Å². The first-order chi connectivity index (χ1) is 9.72. The largest absolute Gasteiger partial charge is 0.349 e. The zero-order valence-electron chi connectivity index (χ0n) is 12.1. The van der Waals surface area contributed by atoms with E-state index in [1.54, 1.807) is 0 Å². The summed E-state index contributed by atoms with van der Waals surface area (Å²) in [6.45, 7) is 5.55. The molecule has 1 N–H and O–H groups in total. The molecule has 0 spiro atoms. The van der Waals surface area contributed by atoms with Gasteiger partial charge in [-0.3, -0.25) is 4.79 Å². The van der Waals surface area contributed by atoms with E-state index in [0.717, 1.165) is 37.1 Å². The number of likely N-dealkylation sites (tertiary alicyclic amines) is 1. The molecule has 4 heteroatoms. The Morgan fingerprint density at radius 2 is 1.95 bits per heavy atom. The van der Waals surface area contributed by atoms with Gasteiger partial charge in [0.2, 0.25) is 0 Å². The minimum absolute atomic E-state index is 0.0278. The number of nitrogens with zero attached hydrogens (tertiary/aromatic N) is 1. The minimum atomic E-state index is 0.0278. The van der Waals surface area contributed by atoms with Gasteiger partial charge in [-0.1, -0.05) is 19.1 Å². The number of hydrogen-bond donors (Lipinski definition) is 1. The molecule has 0 atom stereocenters. The van der Waals surface area contributed by atoms with Crippen LogP contribution in [0.3, 0.4) is 0 Å². The number of benzene rings is 1. The van der Waals surface area contributed by atoms with Crippen LogP contribution in [0.4, 0.5) is 0 Å². The van der Waals surface area contributed by atoms with Crippen LogP contribution in [0.5, 0.6) is 0 Å². The molecule has 2 rings (SSSR count). The lowest BCUT2D eigenvalue weighted by Crippen LogP contribution is -2.44. The molecule has 1 fully saturated rings. The van der Waals surface area contributed by atoms with Gasteiger partial charge in [-0.2, -0.15) is 0 Å². The van der Waals surface area contributed by atoms with Crippen LogP contribution in [-0.2, 0) is 5.88 Å². The quantitative estimate of drug-likeness (QED) is 0.847. The predicted octanol–water partition coefficient (Wildman–Crippen LogP) is 3.03. The number of carbonyl (C=O) groups excluding carboxylic acids is 1. The molecule has 0 aromatic heterocycles. The van der Waals surface area contributed by atoms with Crippen molar-refractivity contribution in [2.45, 2.75) is 38.1 Å². The van der Waals surface area contributed by atoms with E-state index in [-0.39, 0.29) is 5.91 Å². The van der Waals surface area contributed by atoms with Crippen LogP contribution in [0.25, 0.3) is 0 Å². The maximum absolute atomic E-state index is 12.2. The van der Waals surface area contributed by atoms with Crippen LogP contribution in [0.2, 0.25) is 0 Å². The highest BCUT2D eigenvalue weighted by Gasteiger charge is 2.20. The number of carbonyl (C=O) groups is 1. The van der Waals surface area contributed by atoms with Crippen LogP contribution < -0.4 is 5.32 Å². The lowest BCUT2D eigenvalue weighted by atomic mass is 10.0. The first-order valence-corrected chi connectivity index (χ1v) is 7.94. The maximum atomic E-state index is 12.2.